The second kappa shape index (κ2) is 7.45. The van der Waals surface area contributed by atoms with E-state index in [0.29, 0.717) is 17.8 Å². The first kappa shape index (κ1) is 18.8. The average Bonchev–Trinajstić information content (AvgIpc) is 3.01. The minimum atomic E-state index is -3.74. The van der Waals surface area contributed by atoms with Crippen LogP contribution in [0.5, 0.6) is 0 Å². The van der Waals surface area contributed by atoms with Gasteiger partial charge in [-0.15, -0.1) is 0 Å². The Morgan fingerprint density at radius 1 is 0.893 bits per heavy atom. The zero-order valence-electron chi connectivity index (χ0n) is 15.3. The quantitative estimate of drug-likeness (QED) is 0.429. The summed E-state index contributed by atoms with van der Waals surface area (Å²) in [6.07, 6.45) is 0. The van der Waals surface area contributed by atoms with Gasteiger partial charge in [-0.2, -0.15) is 0 Å². The number of nitrogens with zero attached hydrogens (tertiary/aromatic N) is 1. The van der Waals surface area contributed by atoms with Crippen molar-refractivity contribution in [2.75, 3.05) is 5.32 Å². The second-order valence-electron chi connectivity index (χ2n) is 6.58. The van der Waals surface area contributed by atoms with Crippen LogP contribution in [0.3, 0.4) is 0 Å². The number of hydrogen-bond donors (Lipinski definition) is 1. The van der Waals surface area contributed by atoms with Crippen LogP contribution in [0.2, 0.25) is 0 Å². The van der Waals surface area contributed by atoms with Crippen molar-refractivity contribution in [2.45, 2.75) is 18.4 Å². The molecule has 0 atom stereocenters. The van der Waals surface area contributed by atoms with Gasteiger partial charge in [-0.1, -0.05) is 54.1 Å². The van der Waals surface area contributed by atoms with Crippen molar-refractivity contribution in [3.05, 3.63) is 94.6 Å². The predicted octanol–water partition coefficient (Wildman–Crippen LogP) is 5.56. The maximum absolute atomic E-state index is 13.5. The Morgan fingerprint density at radius 2 is 1.54 bits per heavy atom. The van der Waals surface area contributed by atoms with Crippen molar-refractivity contribution in [2.24, 2.45) is 0 Å². The van der Waals surface area contributed by atoms with Crippen LogP contribution in [0.25, 0.3) is 10.9 Å². The molecule has 0 bridgehead atoms. The molecule has 0 fully saturated rings. The van der Waals surface area contributed by atoms with E-state index in [1.807, 2.05) is 61.5 Å². The third-order valence-corrected chi connectivity index (χ3v) is 7.30. The number of aromatic nitrogens is 1. The number of nitrogens with one attached hydrogen (secondary N) is 1. The van der Waals surface area contributed by atoms with E-state index in [0.717, 1.165) is 15.5 Å². The van der Waals surface area contributed by atoms with E-state index in [2.05, 4.69) is 21.2 Å². The number of hydrogen-bond acceptors (Lipinski definition) is 3. The fourth-order valence-corrected chi connectivity index (χ4v) is 5.55. The van der Waals surface area contributed by atoms with E-state index < -0.39 is 10.0 Å². The van der Waals surface area contributed by atoms with Crippen molar-refractivity contribution < 1.29 is 8.42 Å². The number of anilines is 1. The van der Waals surface area contributed by atoms with E-state index in [1.165, 1.54) is 9.54 Å². The molecule has 6 heteroatoms. The van der Waals surface area contributed by atoms with Crippen molar-refractivity contribution in [3.63, 3.8) is 0 Å². The van der Waals surface area contributed by atoms with Crippen LogP contribution < -0.4 is 5.32 Å². The minimum Gasteiger partial charge on any atom is -0.379 e. The summed E-state index contributed by atoms with van der Waals surface area (Å²) in [6.45, 7) is 2.40. The smallest absolute Gasteiger partial charge is 0.268 e. The number of aryl methyl sites for hydroxylation is 1. The summed E-state index contributed by atoms with van der Waals surface area (Å²) in [5, 5.41) is 4.20. The lowest BCUT2D eigenvalue weighted by Gasteiger charge is -2.14. The maximum atomic E-state index is 13.5. The fourth-order valence-electron chi connectivity index (χ4n) is 3.21. The molecule has 0 aliphatic carbocycles. The van der Waals surface area contributed by atoms with Crippen LogP contribution in [0, 0.1) is 6.92 Å². The van der Waals surface area contributed by atoms with Crippen LogP contribution in [-0.4, -0.2) is 12.4 Å². The van der Waals surface area contributed by atoms with E-state index in [1.54, 1.807) is 24.3 Å². The topological polar surface area (TPSA) is 51.1 Å². The number of rotatable bonds is 5. The molecule has 0 spiro atoms. The zero-order chi connectivity index (χ0) is 19.7. The van der Waals surface area contributed by atoms with E-state index in [-0.39, 0.29) is 4.90 Å². The van der Waals surface area contributed by atoms with Gasteiger partial charge in [0.05, 0.1) is 22.7 Å². The van der Waals surface area contributed by atoms with Crippen LogP contribution in [0.4, 0.5) is 5.69 Å². The summed E-state index contributed by atoms with van der Waals surface area (Å²) >= 11 is 3.63. The number of benzene rings is 3. The Bertz CT molecular complexity index is 1230. The van der Waals surface area contributed by atoms with E-state index in [4.69, 9.17) is 0 Å². The van der Waals surface area contributed by atoms with Crippen molar-refractivity contribution in [1.29, 1.82) is 0 Å². The molecule has 4 rings (SSSR count). The predicted molar refractivity (Wildman–Crippen MR) is 117 cm³/mol. The molecule has 0 saturated heterocycles. The molecule has 0 radical (unpaired) electrons. The number of halogens is 1. The first-order valence-corrected chi connectivity index (χ1v) is 11.1. The van der Waals surface area contributed by atoms with Gasteiger partial charge in [-0.25, -0.2) is 12.4 Å². The van der Waals surface area contributed by atoms with Crippen molar-refractivity contribution in [1.82, 2.24) is 3.97 Å². The summed E-state index contributed by atoms with van der Waals surface area (Å²) in [5.41, 5.74) is 3.42. The van der Waals surface area contributed by atoms with Gasteiger partial charge < -0.3 is 5.32 Å². The lowest BCUT2D eigenvalue weighted by atomic mass is 10.2. The van der Waals surface area contributed by atoms with E-state index in [9.17, 15) is 8.42 Å². The van der Waals surface area contributed by atoms with Crippen LogP contribution in [0.15, 0.2) is 88.2 Å². The molecule has 4 nitrogen and oxygen atoms in total. The van der Waals surface area contributed by atoms with Gasteiger partial charge in [-0.05, 0) is 53.2 Å². The minimum absolute atomic E-state index is 0.264. The molecule has 4 aromatic rings. The standard InChI is InChI=1S/C22H19BrN2O2S/c1-16-11-13-17(14-12-16)24-15-21-22(23)19-9-5-6-10-20(19)25(21)28(26,27)18-7-3-2-4-8-18/h2-14,24H,15H2,1H3. The van der Waals surface area contributed by atoms with Gasteiger partial charge in [0, 0.05) is 15.5 Å². The highest BCUT2D eigenvalue weighted by Crippen LogP contribution is 2.34. The molecule has 28 heavy (non-hydrogen) atoms. The summed E-state index contributed by atoms with van der Waals surface area (Å²) in [5.74, 6) is 0. The first-order valence-electron chi connectivity index (χ1n) is 8.87. The molecule has 0 unspecified atom stereocenters. The van der Waals surface area contributed by atoms with Crippen LogP contribution >= 0.6 is 15.9 Å². The third-order valence-electron chi connectivity index (χ3n) is 4.65. The average molecular weight is 455 g/mol. The molecule has 1 N–H and O–H groups in total. The molecule has 1 aromatic heterocycles. The van der Waals surface area contributed by atoms with Gasteiger partial charge in [-0.3, -0.25) is 0 Å². The summed E-state index contributed by atoms with van der Waals surface area (Å²) in [4.78, 5) is 0.264. The highest BCUT2D eigenvalue weighted by molar-refractivity contribution is 9.10. The molecule has 1 heterocycles. The van der Waals surface area contributed by atoms with Crippen LogP contribution in [-0.2, 0) is 16.6 Å². The Morgan fingerprint density at radius 3 is 2.25 bits per heavy atom. The highest BCUT2D eigenvalue weighted by Gasteiger charge is 2.25. The monoisotopic (exact) mass is 454 g/mol. The van der Waals surface area contributed by atoms with Gasteiger partial charge >= 0.3 is 0 Å². The fraction of sp³-hybridized carbons (Fsp3) is 0.0909. The Kier molecular flexibility index (Phi) is 5.00. The molecular weight excluding hydrogens is 436 g/mol. The maximum Gasteiger partial charge on any atom is 0.268 e. The lowest BCUT2D eigenvalue weighted by Crippen LogP contribution is -2.17. The Balaban J connectivity index is 1.85. The Labute approximate surface area is 173 Å². The normalized spacial score (nSPS) is 11.6. The second-order valence-corrected chi connectivity index (χ2v) is 9.16. The van der Waals surface area contributed by atoms with Gasteiger partial charge in [0.1, 0.15) is 0 Å². The SMILES string of the molecule is Cc1ccc(NCc2c(Br)c3ccccc3n2S(=O)(=O)c2ccccc2)cc1. The molecule has 0 saturated carbocycles. The molecule has 142 valence electrons. The molecule has 0 aliphatic rings. The summed E-state index contributed by atoms with van der Waals surface area (Å²) in [7, 11) is -3.74. The number of para-hydroxylation sites is 1. The van der Waals surface area contributed by atoms with Crippen molar-refractivity contribution >= 4 is 42.5 Å². The van der Waals surface area contributed by atoms with Gasteiger partial charge in [0.2, 0.25) is 0 Å². The zero-order valence-corrected chi connectivity index (χ0v) is 17.7. The molecule has 3 aromatic carbocycles. The summed E-state index contributed by atoms with van der Waals surface area (Å²) < 4.78 is 29.1. The molecule has 0 aliphatic heterocycles. The first-order chi connectivity index (χ1) is 13.5. The largest absolute Gasteiger partial charge is 0.379 e. The molecular formula is C22H19BrN2O2S. The summed E-state index contributed by atoms with van der Waals surface area (Å²) in [6, 6.07) is 24.0. The lowest BCUT2D eigenvalue weighted by molar-refractivity contribution is 0.587. The highest BCUT2D eigenvalue weighted by atomic mass is 79.9. The Hall–Kier alpha value is -2.57. The third kappa shape index (κ3) is 3.34. The van der Waals surface area contributed by atoms with Gasteiger partial charge in [0.15, 0.2) is 0 Å². The van der Waals surface area contributed by atoms with E-state index >= 15 is 0 Å². The van der Waals surface area contributed by atoms with Crippen LogP contribution in [0.1, 0.15) is 11.3 Å². The van der Waals surface area contributed by atoms with Gasteiger partial charge in [0.25, 0.3) is 10.0 Å². The molecule has 0 amide bonds. The number of fused-ring (bicyclic) bond motifs is 1. The van der Waals surface area contributed by atoms with Crippen molar-refractivity contribution in [3.8, 4) is 0 Å².